The van der Waals surface area contributed by atoms with Crippen LogP contribution in [0.1, 0.15) is 24.2 Å². The molecule has 0 N–H and O–H groups in total. The molecule has 0 unspecified atom stereocenters. The number of Topliss-reactive ketones (excluding diaryl/α,β-unsaturated/α-hetero) is 1. The first-order valence-electron chi connectivity index (χ1n) is 6.26. The van der Waals surface area contributed by atoms with Crippen LogP contribution in [0.5, 0.6) is 0 Å². The first-order valence-corrected chi connectivity index (χ1v) is 6.26. The van der Waals surface area contributed by atoms with Crippen LogP contribution in [-0.4, -0.2) is 30.8 Å². The van der Waals surface area contributed by atoms with Crippen molar-refractivity contribution in [2.75, 3.05) is 20.1 Å². The molecule has 0 aliphatic carbocycles. The van der Waals surface area contributed by atoms with Crippen molar-refractivity contribution < 1.29 is 9.21 Å². The van der Waals surface area contributed by atoms with Gasteiger partial charge in [0.1, 0.15) is 11.8 Å². The molecule has 0 aliphatic heterocycles. The molecule has 0 saturated heterocycles. The van der Waals surface area contributed by atoms with Crippen LogP contribution in [-0.2, 0) is 0 Å². The summed E-state index contributed by atoms with van der Waals surface area (Å²) in [7, 11) is 1.97. The molecule has 0 bridgehead atoms. The van der Waals surface area contributed by atoms with Crippen molar-refractivity contribution in [2.45, 2.75) is 13.8 Å². The van der Waals surface area contributed by atoms with Gasteiger partial charge in [-0.25, -0.2) is 0 Å². The number of likely N-dealkylation sites (N-methyl/N-ethyl adjacent to an activating group) is 1. The number of benzene rings is 1. The van der Waals surface area contributed by atoms with E-state index in [4.69, 9.17) is 4.42 Å². The van der Waals surface area contributed by atoms with Crippen LogP contribution < -0.4 is 0 Å². The second kappa shape index (κ2) is 5.36. The van der Waals surface area contributed by atoms with Crippen LogP contribution in [0.3, 0.4) is 0 Å². The number of carbonyl (C=O) groups excluding carboxylic acids is 1. The Balaban J connectivity index is 2.14. The van der Waals surface area contributed by atoms with E-state index in [1.54, 1.807) is 6.26 Å². The van der Waals surface area contributed by atoms with Crippen molar-refractivity contribution in [1.82, 2.24) is 4.90 Å². The molecule has 1 aromatic carbocycles. The van der Waals surface area contributed by atoms with Gasteiger partial charge in [-0.15, -0.1) is 0 Å². The molecule has 2 rings (SSSR count). The summed E-state index contributed by atoms with van der Waals surface area (Å²) in [5, 5.41) is 0.903. The number of nitrogens with zero attached hydrogens (tertiary/aromatic N) is 1. The fourth-order valence-corrected chi connectivity index (χ4v) is 2.21. The van der Waals surface area contributed by atoms with Gasteiger partial charge in [-0.1, -0.05) is 32.0 Å². The lowest BCUT2D eigenvalue weighted by Gasteiger charge is -2.17. The average Bonchev–Trinajstić information content (AvgIpc) is 2.71. The number of rotatable bonds is 5. The minimum Gasteiger partial charge on any atom is -0.464 e. The second-order valence-corrected chi connectivity index (χ2v) is 5.16. The monoisotopic (exact) mass is 245 g/mol. The van der Waals surface area contributed by atoms with E-state index >= 15 is 0 Å². The Kier molecular flexibility index (Phi) is 3.82. The van der Waals surface area contributed by atoms with Crippen LogP contribution in [0.15, 0.2) is 34.9 Å². The summed E-state index contributed by atoms with van der Waals surface area (Å²) in [4.78, 5) is 14.3. The lowest BCUT2D eigenvalue weighted by Crippen LogP contribution is -2.29. The van der Waals surface area contributed by atoms with Crippen LogP contribution in [0.25, 0.3) is 11.0 Å². The highest BCUT2D eigenvalue weighted by Gasteiger charge is 2.15. The highest BCUT2D eigenvalue weighted by atomic mass is 16.3. The van der Waals surface area contributed by atoms with Crippen molar-refractivity contribution in [3.05, 3.63) is 36.1 Å². The number of para-hydroxylation sites is 1. The first kappa shape index (κ1) is 12.8. The van der Waals surface area contributed by atoms with Crippen molar-refractivity contribution in [1.29, 1.82) is 0 Å². The molecular weight excluding hydrogens is 226 g/mol. The smallest absolute Gasteiger partial charge is 0.180 e. The van der Waals surface area contributed by atoms with Crippen molar-refractivity contribution in [3.8, 4) is 0 Å². The third-order valence-electron chi connectivity index (χ3n) is 2.87. The molecule has 1 heterocycles. The maximum absolute atomic E-state index is 12.2. The third-order valence-corrected chi connectivity index (χ3v) is 2.87. The van der Waals surface area contributed by atoms with Crippen LogP contribution in [0, 0.1) is 5.92 Å². The fraction of sp³-hybridized carbons (Fsp3) is 0.400. The normalized spacial score (nSPS) is 11.6. The number of fused-ring (bicyclic) bond motifs is 1. The molecule has 0 amide bonds. The molecule has 1 aromatic heterocycles. The minimum atomic E-state index is 0.114. The lowest BCUT2D eigenvalue weighted by molar-refractivity contribution is 0.0941. The zero-order chi connectivity index (χ0) is 13.1. The predicted octanol–water partition coefficient (Wildman–Crippen LogP) is 3.20. The van der Waals surface area contributed by atoms with Crippen LogP contribution >= 0.6 is 0 Å². The Morgan fingerprint density at radius 3 is 2.78 bits per heavy atom. The molecule has 96 valence electrons. The molecule has 0 fully saturated rings. The van der Waals surface area contributed by atoms with Crippen LogP contribution in [0.2, 0.25) is 0 Å². The lowest BCUT2D eigenvalue weighted by atomic mass is 10.1. The largest absolute Gasteiger partial charge is 0.464 e. The van der Waals surface area contributed by atoms with E-state index in [1.165, 1.54) is 0 Å². The number of ketones is 1. The Morgan fingerprint density at radius 2 is 2.06 bits per heavy atom. The summed E-state index contributed by atoms with van der Waals surface area (Å²) < 4.78 is 5.39. The molecule has 0 spiro atoms. The molecule has 2 aromatic rings. The fourth-order valence-electron chi connectivity index (χ4n) is 2.21. The van der Waals surface area contributed by atoms with E-state index in [2.05, 4.69) is 18.7 Å². The Hall–Kier alpha value is -1.61. The van der Waals surface area contributed by atoms with Gasteiger partial charge in [0.25, 0.3) is 0 Å². The maximum atomic E-state index is 12.2. The van der Waals surface area contributed by atoms with E-state index in [9.17, 15) is 4.79 Å². The van der Waals surface area contributed by atoms with Crippen LogP contribution in [0.4, 0.5) is 0 Å². The Morgan fingerprint density at radius 1 is 1.33 bits per heavy atom. The van der Waals surface area contributed by atoms with Crippen molar-refractivity contribution >= 4 is 16.8 Å². The van der Waals surface area contributed by atoms with Gasteiger partial charge in [-0.3, -0.25) is 9.69 Å². The number of hydrogen-bond donors (Lipinski definition) is 0. The number of furan rings is 1. The molecule has 0 saturated carbocycles. The first-order chi connectivity index (χ1) is 8.58. The summed E-state index contributed by atoms with van der Waals surface area (Å²) in [6.45, 7) is 5.64. The van der Waals surface area contributed by atoms with E-state index in [0.717, 1.165) is 17.5 Å². The molecule has 18 heavy (non-hydrogen) atoms. The predicted molar refractivity (Wildman–Crippen MR) is 72.9 cm³/mol. The van der Waals surface area contributed by atoms with E-state index in [0.29, 0.717) is 18.0 Å². The van der Waals surface area contributed by atoms with Gasteiger partial charge in [-0.05, 0) is 19.0 Å². The third kappa shape index (κ3) is 2.79. The number of hydrogen-bond acceptors (Lipinski definition) is 3. The molecule has 3 heteroatoms. The van der Waals surface area contributed by atoms with Crippen molar-refractivity contribution in [3.63, 3.8) is 0 Å². The highest BCUT2D eigenvalue weighted by Crippen LogP contribution is 2.21. The molecule has 0 radical (unpaired) electrons. The van der Waals surface area contributed by atoms with Gasteiger partial charge in [0.15, 0.2) is 5.78 Å². The van der Waals surface area contributed by atoms with Gasteiger partial charge < -0.3 is 4.42 Å². The molecule has 3 nitrogen and oxygen atoms in total. The van der Waals surface area contributed by atoms with Gasteiger partial charge >= 0.3 is 0 Å². The topological polar surface area (TPSA) is 33.5 Å². The average molecular weight is 245 g/mol. The Bertz CT molecular complexity index is 542. The summed E-state index contributed by atoms with van der Waals surface area (Å²) in [5.41, 5.74) is 1.45. The summed E-state index contributed by atoms with van der Waals surface area (Å²) in [6.07, 6.45) is 1.57. The van der Waals surface area contributed by atoms with Crippen molar-refractivity contribution in [2.24, 2.45) is 5.92 Å². The van der Waals surface area contributed by atoms with E-state index in [-0.39, 0.29) is 5.78 Å². The zero-order valence-corrected chi connectivity index (χ0v) is 11.1. The summed E-state index contributed by atoms with van der Waals surface area (Å²) in [5.74, 6) is 0.673. The zero-order valence-electron chi connectivity index (χ0n) is 11.1. The van der Waals surface area contributed by atoms with Gasteiger partial charge in [-0.2, -0.15) is 0 Å². The SMILES string of the molecule is CC(C)CN(C)CC(=O)c1coc2ccccc12. The van der Waals surface area contributed by atoms with Gasteiger partial charge in [0, 0.05) is 11.9 Å². The highest BCUT2D eigenvalue weighted by molar-refractivity contribution is 6.08. The summed E-state index contributed by atoms with van der Waals surface area (Å²) >= 11 is 0. The standard InChI is InChI=1S/C15H19NO2/c1-11(2)8-16(3)9-14(17)13-10-18-15-7-5-4-6-12(13)15/h4-7,10-11H,8-9H2,1-3H3. The molecule has 0 atom stereocenters. The maximum Gasteiger partial charge on any atom is 0.180 e. The molecule has 0 aliphatic rings. The van der Waals surface area contributed by atoms with Gasteiger partial charge in [0.2, 0.25) is 0 Å². The van der Waals surface area contributed by atoms with E-state index in [1.807, 2.05) is 31.3 Å². The minimum absolute atomic E-state index is 0.114. The molecular formula is C15H19NO2. The second-order valence-electron chi connectivity index (χ2n) is 5.16. The van der Waals surface area contributed by atoms with E-state index < -0.39 is 0 Å². The Labute approximate surface area is 107 Å². The van der Waals surface area contributed by atoms with Gasteiger partial charge in [0.05, 0.1) is 12.1 Å². The summed E-state index contributed by atoms with van der Waals surface area (Å²) in [6, 6.07) is 7.63. The number of carbonyl (C=O) groups is 1. The quantitative estimate of drug-likeness (QED) is 0.758.